The number of carbonyl (C=O) groups is 1. The third-order valence-corrected chi connectivity index (χ3v) is 5.40. The third-order valence-electron chi connectivity index (χ3n) is 5.40. The summed E-state index contributed by atoms with van der Waals surface area (Å²) in [7, 11) is 0. The minimum atomic E-state index is -0.797. The van der Waals surface area contributed by atoms with Crippen LogP contribution in [0.2, 0.25) is 0 Å². The highest BCUT2D eigenvalue weighted by Gasteiger charge is 2.32. The van der Waals surface area contributed by atoms with Crippen molar-refractivity contribution >= 4 is 11.7 Å². The van der Waals surface area contributed by atoms with Crippen molar-refractivity contribution in [1.29, 1.82) is 0 Å². The number of benzene rings is 1. The molecule has 2 aromatic rings. The van der Waals surface area contributed by atoms with E-state index in [1.54, 1.807) is 12.4 Å². The quantitative estimate of drug-likeness (QED) is 0.632. The van der Waals surface area contributed by atoms with E-state index >= 15 is 0 Å². The van der Waals surface area contributed by atoms with E-state index in [-0.39, 0.29) is 23.9 Å². The van der Waals surface area contributed by atoms with Crippen LogP contribution in [0.5, 0.6) is 0 Å². The standard InChI is InChI=1S/C20H24F2N6O/c21-14-3-4-17(16(22)10-14)25-20(29)24-15-2-1-9-28(12-15)19-11-18(26-27-19)13-5-7-23-8-6-13/h3-8,10,15,18-19,26-27H,1-2,9,11-12H2,(H2,24,25,29). The molecule has 3 atom stereocenters. The molecule has 7 nitrogen and oxygen atoms in total. The fourth-order valence-corrected chi connectivity index (χ4v) is 3.94. The van der Waals surface area contributed by atoms with Gasteiger partial charge in [0.05, 0.1) is 11.9 Å². The Kier molecular flexibility index (Phi) is 5.98. The van der Waals surface area contributed by atoms with Crippen LogP contribution in [0.4, 0.5) is 19.3 Å². The molecule has 2 aliphatic heterocycles. The van der Waals surface area contributed by atoms with E-state index in [9.17, 15) is 13.6 Å². The molecule has 2 amide bonds. The molecule has 0 aliphatic carbocycles. The maximum Gasteiger partial charge on any atom is 0.319 e. The van der Waals surface area contributed by atoms with Crippen molar-refractivity contribution in [3.63, 3.8) is 0 Å². The number of rotatable bonds is 4. The molecule has 9 heteroatoms. The number of hydrogen-bond acceptors (Lipinski definition) is 5. The fourth-order valence-electron chi connectivity index (χ4n) is 3.94. The van der Waals surface area contributed by atoms with Gasteiger partial charge in [0, 0.05) is 37.1 Å². The summed E-state index contributed by atoms with van der Waals surface area (Å²) in [6.07, 6.45) is 6.44. The Balaban J connectivity index is 1.30. The number of nitrogens with zero attached hydrogens (tertiary/aromatic N) is 2. The first kappa shape index (κ1) is 19.7. The zero-order valence-corrected chi connectivity index (χ0v) is 15.9. The normalized spacial score (nSPS) is 25.0. The Bertz CT molecular complexity index is 852. The Morgan fingerprint density at radius 3 is 2.79 bits per heavy atom. The van der Waals surface area contributed by atoms with Crippen LogP contribution in [-0.2, 0) is 0 Å². The molecule has 0 spiro atoms. The van der Waals surface area contributed by atoms with Crippen molar-refractivity contribution in [3.05, 3.63) is 59.9 Å². The van der Waals surface area contributed by atoms with E-state index in [4.69, 9.17) is 0 Å². The summed E-state index contributed by atoms with van der Waals surface area (Å²) in [6.45, 7) is 1.64. The van der Waals surface area contributed by atoms with E-state index in [2.05, 4.69) is 31.4 Å². The molecule has 4 rings (SSSR count). The second kappa shape index (κ2) is 8.81. The predicted molar refractivity (Wildman–Crippen MR) is 105 cm³/mol. The van der Waals surface area contributed by atoms with Gasteiger partial charge in [-0.2, -0.15) is 0 Å². The fraction of sp³-hybridized carbons (Fsp3) is 0.400. The van der Waals surface area contributed by atoms with Crippen LogP contribution in [0.3, 0.4) is 0 Å². The van der Waals surface area contributed by atoms with E-state index in [1.165, 1.54) is 11.6 Å². The molecule has 0 radical (unpaired) electrons. The second-order valence-electron chi connectivity index (χ2n) is 7.43. The molecule has 0 saturated carbocycles. The average Bonchev–Trinajstić information content (AvgIpc) is 3.21. The van der Waals surface area contributed by atoms with Gasteiger partial charge >= 0.3 is 6.03 Å². The van der Waals surface area contributed by atoms with Crippen molar-refractivity contribution in [3.8, 4) is 0 Å². The summed E-state index contributed by atoms with van der Waals surface area (Å²) in [5, 5.41) is 5.35. The molecule has 1 aromatic carbocycles. The molecule has 0 bridgehead atoms. The van der Waals surface area contributed by atoms with Gasteiger partial charge in [-0.15, -0.1) is 0 Å². The average molecular weight is 402 g/mol. The van der Waals surface area contributed by atoms with Crippen molar-refractivity contribution in [2.24, 2.45) is 0 Å². The van der Waals surface area contributed by atoms with Crippen molar-refractivity contribution in [2.45, 2.75) is 37.5 Å². The third kappa shape index (κ3) is 4.87. The number of halogens is 2. The van der Waals surface area contributed by atoms with Crippen LogP contribution < -0.4 is 21.5 Å². The summed E-state index contributed by atoms with van der Waals surface area (Å²) >= 11 is 0. The Morgan fingerprint density at radius 1 is 1.17 bits per heavy atom. The predicted octanol–water partition coefficient (Wildman–Crippen LogP) is 2.51. The highest BCUT2D eigenvalue weighted by molar-refractivity contribution is 5.89. The lowest BCUT2D eigenvalue weighted by atomic mass is 10.0. The van der Waals surface area contributed by atoms with Crippen molar-refractivity contribution in [1.82, 2.24) is 26.1 Å². The number of pyridine rings is 1. The van der Waals surface area contributed by atoms with Gasteiger partial charge in [0.2, 0.25) is 0 Å². The van der Waals surface area contributed by atoms with Gasteiger partial charge in [-0.1, -0.05) is 0 Å². The molecule has 154 valence electrons. The molecule has 3 unspecified atom stereocenters. The smallest absolute Gasteiger partial charge is 0.319 e. The van der Waals surface area contributed by atoms with Crippen LogP contribution in [0, 0.1) is 11.6 Å². The summed E-state index contributed by atoms with van der Waals surface area (Å²) in [5.74, 6) is -1.48. The first-order valence-electron chi connectivity index (χ1n) is 9.76. The van der Waals surface area contributed by atoms with Gasteiger partial charge in [-0.25, -0.2) is 24.4 Å². The van der Waals surface area contributed by atoms with Crippen LogP contribution in [-0.4, -0.2) is 41.2 Å². The van der Waals surface area contributed by atoms with Gasteiger partial charge in [-0.3, -0.25) is 9.88 Å². The topological polar surface area (TPSA) is 81.3 Å². The molecule has 3 heterocycles. The lowest BCUT2D eigenvalue weighted by molar-refractivity contribution is 0.125. The number of carbonyl (C=O) groups excluding carboxylic acids is 1. The SMILES string of the molecule is O=C(Nc1ccc(F)cc1F)NC1CCCN(C2CC(c3ccncc3)NN2)C1. The highest BCUT2D eigenvalue weighted by atomic mass is 19.1. The summed E-state index contributed by atoms with van der Waals surface area (Å²) < 4.78 is 26.7. The molecule has 2 fully saturated rings. The highest BCUT2D eigenvalue weighted by Crippen LogP contribution is 2.25. The van der Waals surface area contributed by atoms with Crippen LogP contribution in [0.15, 0.2) is 42.7 Å². The first-order valence-corrected chi connectivity index (χ1v) is 9.76. The van der Waals surface area contributed by atoms with Gasteiger partial charge < -0.3 is 10.6 Å². The summed E-state index contributed by atoms with van der Waals surface area (Å²) in [4.78, 5) is 18.6. The minimum Gasteiger partial charge on any atom is -0.334 e. The van der Waals surface area contributed by atoms with Gasteiger partial charge in [0.15, 0.2) is 0 Å². The largest absolute Gasteiger partial charge is 0.334 e. The molecule has 29 heavy (non-hydrogen) atoms. The monoisotopic (exact) mass is 402 g/mol. The van der Waals surface area contributed by atoms with Crippen molar-refractivity contribution < 1.29 is 13.6 Å². The van der Waals surface area contributed by atoms with Gasteiger partial charge in [0.1, 0.15) is 11.6 Å². The molecular formula is C20H24F2N6O. The number of nitrogens with one attached hydrogen (secondary N) is 4. The Morgan fingerprint density at radius 2 is 2.00 bits per heavy atom. The first-order chi connectivity index (χ1) is 14.1. The van der Waals surface area contributed by atoms with E-state index in [1.807, 2.05) is 12.1 Å². The number of hydrazine groups is 1. The maximum atomic E-state index is 13.7. The number of amides is 2. The number of aromatic nitrogens is 1. The lowest BCUT2D eigenvalue weighted by Gasteiger charge is -2.36. The van der Waals surface area contributed by atoms with Crippen LogP contribution in [0.25, 0.3) is 0 Å². The zero-order valence-electron chi connectivity index (χ0n) is 15.9. The Labute approximate surface area is 167 Å². The van der Waals surface area contributed by atoms with Crippen LogP contribution >= 0.6 is 0 Å². The molecule has 1 aromatic heterocycles. The van der Waals surface area contributed by atoms with Crippen molar-refractivity contribution in [2.75, 3.05) is 18.4 Å². The second-order valence-corrected chi connectivity index (χ2v) is 7.43. The number of urea groups is 1. The minimum absolute atomic E-state index is 0.0431. The molecule has 4 N–H and O–H groups in total. The number of likely N-dealkylation sites (tertiary alicyclic amines) is 1. The summed E-state index contributed by atoms with van der Waals surface area (Å²) in [5.41, 5.74) is 7.81. The van der Waals surface area contributed by atoms with E-state index in [0.717, 1.165) is 37.9 Å². The Hall–Kier alpha value is -2.62. The number of hydrogen-bond donors (Lipinski definition) is 4. The number of piperidine rings is 1. The molecule has 2 saturated heterocycles. The molecular weight excluding hydrogens is 378 g/mol. The summed E-state index contributed by atoms with van der Waals surface area (Å²) in [6, 6.07) is 6.74. The number of anilines is 1. The lowest BCUT2D eigenvalue weighted by Crippen LogP contribution is -2.54. The zero-order chi connectivity index (χ0) is 20.2. The van der Waals surface area contributed by atoms with E-state index in [0.29, 0.717) is 6.54 Å². The van der Waals surface area contributed by atoms with E-state index < -0.39 is 17.7 Å². The maximum absolute atomic E-state index is 13.7. The molecule has 2 aliphatic rings. The van der Waals surface area contributed by atoms with Crippen LogP contribution in [0.1, 0.15) is 30.9 Å². The van der Waals surface area contributed by atoms with Gasteiger partial charge in [-0.05, 0) is 55.6 Å². The van der Waals surface area contributed by atoms with Gasteiger partial charge in [0.25, 0.3) is 0 Å².